The second-order valence-electron chi connectivity index (χ2n) is 14.6. The molecule has 0 fully saturated rings. The molecule has 0 aliphatic rings. The zero-order valence-electron chi connectivity index (χ0n) is 31.5. The zero-order chi connectivity index (χ0) is 35.0. The molecule has 0 amide bonds. The van der Waals surface area contributed by atoms with Crippen molar-refractivity contribution in [3.05, 3.63) is 0 Å². The Bertz CT molecular complexity index is 752. The first-order chi connectivity index (χ1) is 22.6. The van der Waals surface area contributed by atoms with Gasteiger partial charge in [0.05, 0.1) is 34.4 Å². The molecule has 1 N–H and O–H groups in total. The number of aliphatic carboxylic acids is 1. The standard InChI is InChI=1S/C39H75NO7/c1-6-8-10-12-13-14-15-16-17-18-19-20-21-22-23-24-26-28-30-38(42)47-35(34-46-37(41)29-27-25-11-9-7-2)33-45-32-31-36(39(43)44)40(3,4)5/h35-36H,6-34H2,1-5H3/p+1. The third kappa shape index (κ3) is 30.1. The van der Waals surface area contributed by atoms with Crippen molar-refractivity contribution in [2.24, 2.45) is 0 Å². The van der Waals surface area contributed by atoms with Crippen LogP contribution in [0.3, 0.4) is 0 Å². The summed E-state index contributed by atoms with van der Waals surface area (Å²) in [7, 11) is 5.51. The number of carbonyl (C=O) groups excluding carboxylic acids is 2. The van der Waals surface area contributed by atoms with Gasteiger partial charge in [-0.2, -0.15) is 0 Å². The van der Waals surface area contributed by atoms with E-state index < -0.39 is 18.1 Å². The first-order valence-corrected chi connectivity index (χ1v) is 19.6. The molecule has 0 radical (unpaired) electrons. The Morgan fingerprint density at radius 2 is 0.936 bits per heavy atom. The summed E-state index contributed by atoms with van der Waals surface area (Å²) in [5, 5.41) is 9.55. The summed E-state index contributed by atoms with van der Waals surface area (Å²) in [6.45, 7) is 4.67. The van der Waals surface area contributed by atoms with Gasteiger partial charge in [0.25, 0.3) is 0 Å². The van der Waals surface area contributed by atoms with Crippen LogP contribution in [0.15, 0.2) is 0 Å². The van der Waals surface area contributed by atoms with Gasteiger partial charge in [-0.05, 0) is 12.8 Å². The SMILES string of the molecule is CCCCCCCCCCCCCCCCCCCCC(=O)OC(COCCC(C(=O)O)[N+](C)(C)C)COC(=O)CCCCCCC. The van der Waals surface area contributed by atoms with Crippen molar-refractivity contribution >= 4 is 17.9 Å². The number of esters is 2. The second kappa shape index (κ2) is 31.6. The number of unbranched alkanes of at least 4 members (excludes halogenated alkanes) is 21. The summed E-state index contributed by atoms with van der Waals surface area (Å²) >= 11 is 0. The van der Waals surface area contributed by atoms with Crippen LogP contribution in [0.4, 0.5) is 0 Å². The van der Waals surface area contributed by atoms with E-state index in [1.807, 2.05) is 21.1 Å². The van der Waals surface area contributed by atoms with Crippen LogP contribution in [0.5, 0.6) is 0 Å². The van der Waals surface area contributed by atoms with E-state index in [1.54, 1.807) is 0 Å². The maximum Gasteiger partial charge on any atom is 0.362 e. The Labute approximate surface area is 289 Å². The van der Waals surface area contributed by atoms with Crippen molar-refractivity contribution in [1.29, 1.82) is 0 Å². The quantitative estimate of drug-likeness (QED) is 0.0407. The molecule has 278 valence electrons. The number of carboxylic acid groups (broad SMARTS) is 1. The van der Waals surface area contributed by atoms with Gasteiger partial charge in [0, 0.05) is 19.3 Å². The highest BCUT2D eigenvalue weighted by Crippen LogP contribution is 2.15. The Balaban J connectivity index is 4.18. The molecule has 47 heavy (non-hydrogen) atoms. The molecule has 0 bridgehead atoms. The minimum Gasteiger partial charge on any atom is -0.477 e. The number of quaternary nitrogens is 1. The summed E-state index contributed by atoms with van der Waals surface area (Å²) in [4.78, 5) is 36.5. The van der Waals surface area contributed by atoms with E-state index in [-0.39, 0.29) is 36.2 Å². The Morgan fingerprint density at radius 1 is 0.553 bits per heavy atom. The first kappa shape index (κ1) is 45.3. The van der Waals surface area contributed by atoms with Crippen molar-refractivity contribution in [3.63, 3.8) is 0 Å². The molecule has 0 rings (SSSR count). The monoisotopic (exact) mass is 671 g/mol. The van der Waals surface area contributed by atoms with Crippen LogP contribution in [0.1, 0.15) is 181 Å². The molecule has 0 aliphatic carbocycles. The molecule has 0 aliphatic heterocycles. The molecule has 2 atom stereocenters. The fraction of sp³-hybridized carbons (Fsp3) is 0.923. The largest absolute Gasteiger partial charge is 0.477 e. The highest BCUT2D eigenvalue weighted by Gasteiger charge is 2.31. The summed E-state index contributed by atoms with van der Waals surface area (Å²) < 4.78 is 17.1. The van der Waals surface area contributed by atoms with Crippen molar-refractivity contribution in [2.45, 2.75) is 193 Å². The number of rotatable bonds is 35. The minimum atomic E-state index is -0.874. The van der Waals surface area contributed by atoms with Gasteiger partial charge in [0.1, 0.15) is 6.61 Å². The summed E-state index contributed by atoms with van der Waals surface area (Å²) in [5.41, 5.74) is 0. The lowest BCUT2D eigenvalue weighted by molar-refractivity contribution is -0.887. The number of nitrogens with zero attached hydrogens (tertiary/aromatic N) is 1. The third-order valence-electron chi connectivity index (χ3n) is 9.01. The number of carbonyl (C=O) groups is 3. The number of hydrogen-bond acceptors (Lipinski definition) is 6. The third-order valence-corrected chi connectivity index (χ3v) is 9.01. The molecule has 0 aromatic heterocycles. The molecule has 2 unspecified atom stereocenters. The lowest BCUT2D eigenvalue weighted by Crippen LogP contribution is -2.50. The van der Waals surface area contributed by atoms with Crippen molar-refractivity contribution < 1.29 is 38.2 Å². The molecular weight excluding hydrogens is 594 g/mol. The van der Waals surface area contributed by atoms with Gasteiger partial charge >= 0.3 is 17.9 Å². The summed E-state index contributed by atoms with van der Waals surface area (Å²) in [5.74, 6) is -1.47. The second-order valence-corrected chi connectivity index (χ2v) is 14.6. The molecule has 0 aromatic rings. The van der Waals surface area contributed by atoms with E-state index in [9.17, 15) is 19.5 Å². The predicted molar refractivity (Wildman–Crippen MR) is 193 cm³/mol. The van der Waals surface area contributed by atoms with E-state index in [0.29, 0.717) is 19.3 Å². The highest BCUT2D eigenvalue weighted by atomic mass is 16.6. The minimum absolute atomic E-state index is 0.0453. The lowest BCUT2D eigenvalue weighted by Gasteiger charge is -2.31. The Morgan fingerprint density at radius 3 is 1.32 bits per heavy atom. The Hall–Kier alpha value is -1.67. The van der Waals surface area contributed by atoms with E-state index in [4.69, 9.17) is 14.2 Å². The van der Waals surface area contributed by atoms with Crippen LogP contribution in [0.2, 0.25) is 0 Å². The smallest absolute Gasteiger partial charge is 0.362 e. The normalized spacial score (nSPS) is 13.0. The zero-order valence-corrected chi connectivity index (χ0v) is 31.5. The van der Waals surface area contributed by atoms with Gasteiger partial charge in [-0.25, -0.2) is 4.79 Å². The van der Waals surface area contributed by atoms with E-state index >= 15 is 0 Å². The number of carboxylic acids is 1. The van der Waals surface area contributed by atoms with Gasteiger partial charge in [-0.1, -0.05) is 149 Å². The molecule has 0 heterocycles. The lowest BCUT2D eigenvalue weighted by atomic mass is 10.0. The van der Waals surface area contributed by atoms with Crippen molar-refractivity contribution in [2.75, 3.05) is 41.0 Å². The molecular formula is C39H76NO7+. The van der Waals surface area contributed by atoms with Crippen LogP contribution >= 0.6 is 0 Å². The van der Waals surface area contributed by atoms with E-state index in [0.717, 1.165) is 44.9 Å². The number of ether oxygens (including phenoxy) is 3. The molecule has 8 heteroatoms. The molecule has 0 saturated heterocycles. The van der Waals surface area contributed by atoms with E-state index in [2.05, 4.69) is 13.8 Å². The van der Waals surface area contributed by atoms with Crippen molar-refractivity contribution in [3.8, 4) is 0 Å². The van der Waals surface area contributed by atoms with Crippen LogP contribution in [0.25, 0.3) is 0 Å². The molecule has 0 saturated carbocycles. The van der Waals surface area contributed by atoms with Gasteiger partial charge < -0.3 is 23.8 Å². The van der Waals surface area contributed by atoms with Crippen LogP contribution in [-0.2, 0) is 28.6 Å². The maximum atomic E-state index is 12.6. The van der Waals surface area contributed by atoms with Gasteiger partial charge in [0.15, 0.2) is 12.1 Å². The highest BCUT2D eigenvalue weighted by molar-refractivity contribution is 5.72. The average molecular weight is 671 g/mol. The Kier molecular flexibility index (Phi) is 30.5. The molecule has 0 aromatic carbocycles. The fourth-order valence-electron chi connectivity index (χ4n) is 5.91. The van der Waals surface area contributed by atoms with Crippen LogP contribution in [-0.4, -0.2) is 80.6 Å². The average Bonchev–Trinajstić information content (AvgIpc) is 3.01. The topological polar surface area (TPSA) is 99.1 Å². The van der Waals surface area contributed by atoms with E-state index in [1.165, 1.54) is 103 Å². The maximum absolute atomic E-state index is 12.6. The molecule has 0 spiro atoms. The van der Waals surface area contributed by atoms with Gasteiger partial charge in [0.2, 0.25) is 0 Å². The fourth-order valence-corrected chi connectivity index (χ4v) is 5.91. The van der Waals surface area contributed by atoms with Crippen molar-refractivity contribution in [1.82, 2.24) is 0 Å². The first-order valence-electron chi connectivity index (χ1n) is 19.6. The van der Waals surface area contributed by atoms with Crippen LogP contribution < -0.4 is 0 Å². The van der Waals surface area contributed by atoms with Crippen LogP contribution in [0, 0.1) is 0 Å². The van der Waals surface area contributed by atoms with Gasteiger partial charge in [-0.3, -0.25) is 9.59 Å². The van der Waals surface area contributed by atoms with Gasteiger partial charge in [-0.15, -0.1) is 0 Å². The molecule has 8 nitrogen and oxygen atoms in total. The predicted octanol–water partition coefficient (Wildman–Crippen LogP) is 9.80. The summed E-state index contributed by atoms with van der Waals surface area (Å²) in [6.07, 6.45) is 28.9. The summed E-state index contributed by atoms with van der Waals surface area (Å²) in [6, 6.07) is -0.605. The number of hydrogen-bond donors (Lipinski definition) is 1. The number of likely N-dealkylation sites (N-methyl/N-ethyl adjacent to an activating group) is 1.